The molecule has 0 aliphatic heterocycles. The summed E-state index contributed by atoms with van der Waals surface area (Å²) >= 11 is 0. The molecule has 0 aliphatic rings. The van der Waals surface area contributed by atoms with Gasteiger partial charge in [-0.25, -0.2) is 4.39 Å². The first-order valence-corrected chi connectivity index (χ1v) is 8.86. The van der Waals surface area contributed by atoms with Crippen LogP contribution in [0.3, 0.4) is 0 Å². The number of nitrogens with zero attached hydrogens (tertiary/aromatic N) is 2. The quantitative estimate of drug-likeness (QED) is 0.679. The Labute approximate surface area is 158 Å². The standard InChI is InChI=1S/C22H23FN2O2/c1-15(26)25(22(2,3)4)21(27)19-14-24(13-16-8-6-5-7-9-16)20-11-10-17(23)12-18(19)20/h5-12,14H,13H2,1-4H3. The summed E-state index contributed by atoms with van der Waals surface area (Å²) in [6, 6.07) is 14.2. The predicted octanol–water partition coefficient (Wildman–Crippen LogP) is 4.62. The van der Waals surface area contributed by atoms with Crippen LogP contribution in [0.4, 0.5) is 4.39 Å². The molecule has 0 aliphatic carbocycles. The van der Waals surface area contributed by atoms with Crippen molar-refractivity contribution in [2.24, 2.45) is 0 Å². The third-order valence-electron chi connectivity index (χ3n) is 4.46. The molecule has 0 saturated carbocycles. The maximum atomic E-state index is 13.9. The minimum atomic E-state index is -0.676. The SMILES string of the molecule is CC(=O)N(C(=O)c1cn(Cc2ccccc2)c2ccc(F)cc12)C(C)(C)C. The maximum Gasteiger partial charge on any atom is 0.263 e. The van der Waals surface area contributed by atoms with E-state index in [1.807, 2.05) is 34.9 Å². The lowest BCUT2D eigenvalue weighted by Gasteiger charge is -2.32. The van der Waals surface area contributed by atoms with Crippen LogP contribution in [-0.4, -0.2) is 26.8 Å². The van der Waals surface area contributed by atoms with Gasteiger partial charge in [-0.3, -0.25) is 14.5 Å². The van der Waals surface area contributed by atoms with Crippen molar-refractivity contribution in [1.29, 1.82) is 0 Å². The Morgan fingerprint density at radius 3 is 2.33 bits per heavy atom. The summed E-state index contributed by atoms with van der Waals surface area (Å²) in [7, 11) is 0. The van der Waals surface area contributed by atoms with Gasteiger partial charge >= 0.3 is 0 Å². The molecule has 2 aromatic carbocycles. The zero-order valence-corrected chi connectivity index (χ0v) is 16.0. The molecule has 0 atom stereocenters. The predicted molar refractivity (Wildman–Crippen MR) is 104 cm³/mol. The number of halogens is 1. The van der Waals surface area contributed by atoms with Crippen LogP contribution in [0.15, 0.2) is 54.7 Å². The van der Waals surface area contributed by atoms with Crippen molar-refractivity contribution in [1.82, 2.24) is 9.47 Å². The van der Waals surface area contributed by atoms with Crippen molar-refractivity contribution in [3.8, 4) is 0 Å². The summed E-state index contributed by atoms with van der Waals surface area (Å²) in [5, 5.41) is 0.506. The van der Waals surface area contributed by atoms with E-state index in [9.17, 15) is 14.0 Å². The van der Waals surface area contributed by atoms with Gasteiger partial charge in [0.1, 0.15) is 5.82 Å². The van der Waals surface area contributed by atoms with Crippen molar-refractivity contribution < 1.29 is 14.0 Å². The molecule has 4 nitrogen and oxygen atoms in total. The van der Waals surface area contributed by atoms with E-state index >= 15 is 0 Å². The van der Waals surface area contributed by atoms with Crippen LogP contribution in [0.25, 0.3) is 10.9 Å². The summed E-state index contributed by atoms with van der Waals surface area (Å²) in [6.07, 6.45) is 1.71. The Kier molecular flexibility index (Phi) is 4.87. The molecule has 0 spiro atoms. The zero-order chi connectivity index (χ0) is 19.8. The number of rotatable bonds is 3. The number of hydrogen-bond donors (Lipinski definition) is 0. The highest BCUT2D eigenvalue weighted by molar-refractivity contribution is 6.12. The fraction of sp³-hybridized carbons (Fsp3) is 0.273. The second-order valence-electron chi connectivity index (χ2n) is 7.65. The van der Waals surface area contributed by atoms with Gasteiger partial charge in [0.05, 0.1) is 5.56 Å². The summed E-state index contributed by atoms with van der Waals surface area (Å²) < 4.78 is 15.8. The van der Waals surface area contributed by atoms with Gasteiger partial charge in [0.2, 0.25) is 5.91 Å². The van der Waals surface area contributed by atoms with E-state index < -0.39 is 17.3 Å². The molecule has 0 radical (unpaired) electrons. The highest BCUT2D eigenvalue weighted by Gasteiger charge is 2.32. The number of fused-ring (bicyclic) bond motifs is 1. The van der Waals surface area contributed by atoms with Gasteiger partial charge in [0.25, 0.3) is 5.91 Å². The lowest BCUT2D eigenvalue weighted by molar-refractivity contribution is -0.129. The van der Waals surface area contributed by atoms with Crippen LogP contribution < -0.4 is 0 Å². The van der Waals surface area contributed by atoms with Crippen molar-refractivity contribution in [3.05, 3.63) is 71.7 Å². The lowest BCUT2D eigenvalue weighted by Crippen LogP contribution is -2.48. The van der Waals surface area contributed by atoms with E-state index in [0.29, 0.717) is 17.5 Å². The lowest BCUT2D eigenvalue weighted by atomic mass is 10.0. The summed E-state index contributed by atoms with van der Waals surface area (Å²) in [5.41, 5.74) is 1.47. The van der Waals surface area contributed by atoms with Gasteiger partial charge in [-0.05, 0) is 44.5 Å². The number of aromatic nitrogens is 1. The van der Waals surface area contributed by atoms with Gasteiger partial charge in [0.15, 0.2) is 0 Å². The Balaban J connectivity index is 2.14. The normalized spacial score (nSPS) is 11.6. The smallest absolute Gasteiger partial charge is 0.263 e. The summed E-state index contributed by atoms with van der Waals surface area (Å²) in [4.78, 5) is 26.5. The molecule has 1 aromatic heterocycles. The van der Waals surface area contributed by atoms with Crippen molar-refractivity contribution in [2.45, 2.75) is 39.8 Å². The van der Waals surface area contributed by atoms with E-state index in [1.165, 1.54) is 24.0 Å². The maximum absolute atomic E-state index is 13.9. The second kappa shape index (κ2) is 6.99. The minimum absolute atomic E-state index is 0.325. The fourth-order valence-electron chi connectivity index (χ4n) is 3.39. The van der Waals surface area contributed by atoms with Crippen LogP contribution in [0.5, 0.6) is 0 Å². The Morgan fingerprint density at radius 1 is 1.07 bits per heavy atom. The molecule has 0 bridgehead atoms. The topological polar surface area (TPSA) is 42.3 Å². The van der Waals surface area contributed by atoms with Crippen LogP contribution in [0, 0.1) is 5.82 Å². The van der Waals surface area contributed by atoms with E-state index in [0.717, 1.165) is 11.1 Å². The molecule has 27 heavy (non-hydrogen) atoms. The largest absolute Gasteiger partial charge is 0.342 e. The first kappa shape index (κ1) is 18.8. The van der Waals surface area contributed by atoms with E-state index in [2.05, 4.69) is 0 Å². The highest BCUT2D eigenvalue weighted by Crippen LogP contribution is 2.27. The molecular weight excluding hydrogens is 343 g/mol. The Bertz CT molecular complexity index is 1000. The average molecular weight is 366 g/mol. The van der Waals surface area contributed by atoms with E-state index in [4.69, 9.17) is 0 Å². The van der Waals surface area contributed by atoms with E-state index in [1.54, 1.807) is 33.0 Å². The third-order valence-corrected chi connectivity index (χ3v) is 4.46. The first-order chi connectivity index (χ1) is 12.7. The second-order valence-corrected chi connectivity index (χ2v) is 7.65. The molecule has 3 aromatic rings. The molecule has 5 heteroatoms. The third kappa shape index (κ3) is 3.77. The summed E-state index contributed by atoms with van der Waals surface area (Å²) in [5.74, 6) is -1.18. The number of imide groups is 1. The van der Waals surface area contributed by atoms with Crippen LogP contribution >= 0.6 is 0 Å². The van der Waals surface area contributed by atoms with E-state index in [-0.39, 0.29) is 5.91 Å². The number of benzene rings is 2. The molecule has 0 fully saturated rings. The van der Waals surface area contributed by atoms with Crippen molar-refractivity contribution in [2.75, 3.05) is 0 Å². The molecule has 2 amide bonds. The van der Waals surface area contributed by atoms with Crippen LogP contribution in [0.1, 0.15) is 43.6 Å². The number of carbonyl (C=O) groups excluding carboxylic acids is 2. The van der Waals surface area contributed by atoms with Gasteiger partial charge in [0, 0.05) is 36.1 Å². The fourth-order valence-corrected chi connectivity index (χ4v) is 3.39. The molecule has 1 heterocycles. The minimum Gasteiger partial charge on any atom is -0.342 e. The number of amides is 2. The van der Waals surface area contributed by atoms with Crippen LogP contribution in [0.2, 0.25) is 0 Å². The molecule has 0 unspecified atom stereocenters. The molecule has 0 N–H and O–H groups in total. The average Bonchev–Trinajstić information content (AvgIpc) is 2.92. The highest BCUT2D eigenvalue weighted by atomic mass is 19.1. The van der Waals surface area contributed by atoms with Crippen LogP contribution in [-0.2, 0) is 11.3 Å². The van der Waals surface area contributed by atoms with Crippen molar-refractivity contribution in [3.63, 3.8) is 0 Å². The number of hydrogen-bond acceptors (Lipinski definition) is 2. The first-order valence-electron chi connectivity index (χ1n) is 8.86. The Morgan fingerprint density at radius 2 is 1.74 bits per heavy atom. The number of carbonyl (C=O) groups is 2. The zero-order valence-electron chi connectivity index (χ0n) is 16.0. The summed E-state index contributed by atoms with van der Waals surface area (Å²) in [6.45, 7) is 7.32. The molecule has 3 rings (SSSR count). The monoisotopic (exact) mass is 366 g/mol. The molecular formula is C22H23FN2O2. The molecule has 140 valence electrons. The molecule has 0 saturated heterocycles. The van der Waals surface area contributed by atoms with Gasteiger partial charge in [-0.1, -0.05) is 30.3 Å². The van der Waals surface area contributed by atoms with Gasteiger partial charge < -0.3 is 4.57 Å². The Hall–Kier alpha value is -2.95. The van der Waals surface area contributed by atoms with Gasteiger partial charge in [-0.2, -0.15) is 0 Å². The van der Waals surface area contributed by atoms with Gasteiger partial charge in [-0.15, -0.1) is 0 Å². The van der Waals surface area contributed by atoms with Crippen molar-refractivity contribution >= 4 is 22.7 Å².